The molecule has 0 saturated heterocycles. The Labute approximate surface area is 180 Å². The highest BCUT2D eigenvalue weighted by Gasteiger charge is 2.10. The summed E-state index contributed by atoms with van der Waals surface area (Å²) in [6.07, 6.45) is 0.793. The minimum atomic E-state index is 0.314. The van der Waals surface area contributed by atoms with Crippen molar-refractivity contribution in [2.45, 2.75) is 13.8 Å². The van der Waals surface area contributed by atoms with Gasteiger partial charge in [0.2, 0.25) is 17.8 Å². The van der Waals surface area contributed by atoms with E-state index in [1.54, 1.807) is 18.2 Å². The van der Waals surface area contributed by atoms with Gasteiger partial charge in [0.15, 0.2) is 6.29 Å². The molecule has 31 heavy (non-hydrogen) atoms. The summed E-state index contributed by atoms with van der Waals surface area (Å²) >= 11 is 0. The maximum Gasteiger partial charge on any atom is 0.233 e. The molecule has 1 aromatic heterocycles. The highest BCUT2D eigenvalue weighted by molar-refractivity contribution is 5.85. The molecule has 0 atom stereocenters. The lowest BCUT2D eigenvalue weighted by Crippen LogP contribution is -2.08. The van der Waals surface area contributed by atoms with E-state index < -0.39 is 0 Å². The Hall–Kier alpha value is -4.26. The highest BCUT2D eigenvalue weighted by atomic mass is 16.1. The van der Waals surface area contributed by atoms with Crippen molar-refractivity contribution in [3.05, 3.63) is 89.5 Å². The Morgan fingerprint density at radius 1 is 0.645 bits per heavy atom. The van der Waals surface area contributed by atoms with Gasteiger partial charge >= 0.3 is 0 Å². The predicted molar refractivity (Wildman–Crippen MR) is 124 cm³/mol. The summed E-state index contributed by atoms with van der Waals surface area (Å²) in [6, 6.07) is 23.0. The van der Waals surface area contributed by atoms with Gasteiger partial charge in [-0.15, -0.1) is 0 Å². The van der Waals surface area contributed by atoms with E-state index in [1.165, 1.54) is 0 Å². The van der Waals surface area contributed by atoms with Crippen LogP contribution in [0.5, 0.6) is 0 Å². The zero-order chi connectivity index (χ0) is 21.6. The number of hydrogen-bond donors (Lipinski definition) is 3. The SMILES string of the molecule is Cc1cccc(Nc2nc(Nc3cccc(C)c3)nc(Nc3ccccc3C=O)n2)c1. The van der Waals surface area contributed by atoms with Crippen LogP contribution in [0.3, 0.4) is 0 Å². The van der Waals surface area contributed by atoms with Gasteiger partial charge in [0.25, 0.3) is 0 Å². The van der Waals surface area contributed by atoms with E-state index in [-0.39, 0.29) is 0 Å². The first-order chi connectivity index (χ1) is 15.1. The van der Waals surface area contributed by atoms with E-state index in [1.807, 2.05) is 68.4 Å². The van der Waals surface area contributed by atoms with Crippen LogP contribution in [0.1, 0.15) is 21.5 Å². The zero-order valence-corrected chi connectivity index (χ0v) is 17.3. The molecule has 154 valence electrons. The van der Waals surface area contributed by atoms with Crippen LogP contribution in [0.4, 0.5) is 34.9 Å². The Balaban J connectivity index is 1.69. The fourth-order valence-corrected chi connectivity index (χ4v) is 3.08. The van der Waals surface area contributed by atoms with E-state index in [9.17, 15) is 4.79 Å². The molecule has 0 aliphatic heterocycles. The number of aldehydes is 1. The summed E-state index contributed by atoms with van der Waals surface area (Å²) in [6.45, 7) is 4.04. The van der Waals surface area contributed by atoms with E-state index in [0.29, 0.717) is 29.1 Å². The predicted octanol–water partition coefficient (Wildman–Crippen LogP) is 5.53. The molecular weight excluding hydrogens is 388 g/mol. The molecule has 0 aliphatic carbocycles. The van der Waals surface area contributed by atoms with Crippen molar-refractivity contribution in [1.29, 1.82) is 0 Å². The molecule has 0 fully saturated rings. The van der Waals surface area contributed by atoms with Gasteiger partial charge in [-0.25, -0.2) is 0 Å². The number of aryl methyl sites for hydroxylation is 2. The second-order valence-corrected chi connectivity index (χ2v) is 7.13. The average molecular weight is 410 g/mol. The van der Waals surface area contributed by atoms with Gasteiger partial charge in [-0.1, -0.05) is 36.4 Å². The van der Waals surface area contributed by atoms with Gasteiger partial charge in [0.05, 0.1) is 5.69 Å². The topological polar surface area (TPSA) is 91.8 Å². The largest absolute Gasteiger partial charge is 0.324 e. The van der Waals surface area contributed by atoms with Crippen molar-refractivity contribution in [2.24, 2.45) is 0 Å². The maximum absolute atomic E-state index is 11.4. The molecule has 0 unspecified atom stereocenters. The van der Waals surface area contributed by atoms with Crippen molar-refractivity contribution in [1.82, 2.24) is 15.0 Å². The number of carbonyl (C=O) groups excluding carboxylic acids is 1. The summed E-state index contributed by atoms with van der Waals surface area (Å²) in [4.78, 5) is 24.9. The van der Waals surface area contributed by atoms with Gasteiger partial charge in [-0.2, -0.15) is 15.0 Å². The number of carbonyl (C=O) groups is 1. The van der Waals surface area contributed by atoms with Crippen LogP contribution in [0.25, 0.3) is 0 Å². The number of aromatic nitrogens is 3. The molecule has 4 aromatic rings. The van der Waals surface area contributed by atoms with Gasteiger partial charge in [-0.3, -0.25) is 4.79 Å². The van der Waals surface area contributed by atoms with Crippen molar-refractivity contribution in [3.8, 4) is 0 Å². The Bertz CT molecular complexity index is 1160. The number of rotatable bonds is 7. The van der Waals surface area contributed by atoms with Gasteiger partial charge in [0.1, 0.15) is 0 Å². The number of anilines is 6. The van der Waals surface area contributed by atoms with Gasteiger partial charge < -0.3 is 16.0 Å². The molecule has 7 nitrogen and oxygen atoms in total. The maximum atomic E-state index is 11.4. The molecule has 3 aromatic carbocycles. The third-order valence-electron chi connectivity index (χ3n) is 4.52. The molecule has 7 heteroatoms. The second-order valence-electron chi connectivity index (χ2n) is 7.13. The fraction of sp³-hybridized carbons (Fsp3) is 0.0833. The smallest absolute Gasteiger partial charge is 0.233 e. The third kappa shape index (κ3) is 5.22. The van der Waals surface area contributed by atoms with Crippen molar-refractivity contribution in [2.75, 3.05) is 16.0 Å². The number of nitrogens with one attached hydrogen (secondary N) is 3. The Kier molecular flexibility index (Phi) is 5.84. The van der Waals surface area contributed by atoms with Gasteiger partial charge in [0, 0.05) is 16.9 Å². The molecular formula is C24H22N6O. The molecule has 4 rings (SSSR count). The number of nitrogens with zero attached hydrogens (tertiary/aromatic N) is 3. The average Bonchev–Trinajstić information content (AvgIpc) is 2.74. The fourth-order valence-electron chi connectivity index (χ4n) is 3.08. The minimum absolute atomic E-state index is 0.314. The van der Waals surface area contributed by atoms with Crippen molar-refractivity contribution < 1.29 is 4.79 Å². The van der Waals surface area contributed by atoms with Crippen LogP contribution in [0, 0.1) is 13.8 Å². The molecule has 0 spiro atoms. The normalized spacial score (nSPS) is 10.4. The minimum Gasteiger partial charge on any atom is -0.324 e. The summed E-state index contributed by atoms with van der Waals surface area (Å²) < 4.78 is 0. The summed E-state index contributed by atoms with van der Waals surface area (Å²) in [7, 11) is 0. The highest BCUT2D eigenvalue weighted by Crippen LogP contribution is 2.23. The van der Waals surface area contributed by atoms with E-state index in [2.05, 4.69) is 30.9 Å². The lowest BCUT2D eigenvalue weighted by atomic mass is 10.2. The van der Waals surface area contributed by atoms with Crippen LogP contribution in [-0.4, -0.2) is 21.2 Å². The van der Waals surface area contributed by atoms with Crippen LogP contribution in [0.15, 0.2) is 72.8 Å². The third-order valence-corrected chi connectivity index (χ3v) is 4.52. The Morgan fingerprint density at radius 2 is 1.16 bits per heavy atom. The summed E-state index contributed by atoms with van der Waals surface area (Å²) in [5, 5.41) is 9.58. The second kappa shape index (κ2) is 9.04. The lowest BCUT2D eigenvalue weighted by Gasteiger charge is -2.12. The van der Waals surface area contributed by atoms with Gasteiger partial charge in [-0.05, 0) is 61.4 Å². The van der Waals surface area contributed by atoms with E-state index in [4.69, 9.17) is 0 Å². The van der Waals surface area contributed by atoms with Crippen LogP contribution in [0.2, 0.25) is 0 Å². The quantitative estimate of drug-likeness (QED) is 0.345. The van der Waals surface area contributed by atoms with E-state index in [0.717, 1.165) is 28.8 Å². The van der Waals surface area contributed by atoms with Crippen LogP contribution in [-0.2, 0) is 0 Å². The first-order valence-electron chi connectivity index (χ1n) is 9.84. The van der Waals surface area contributed by atoms with Crippen molar-refractivity contribution >= 4 is 41.2 Å². The molecule has 1 heterocycles. The summed E-state index contributed by atoms with van der Waals surface area (Å²) in [5.74, 6) is 1.07. The molecule has 0 amide bonds. The first-order valence-corrected chi connectivity index (χ1v) is 9.84. The van der Waals surface area contributed by atoms with Crippen LogP contribution >= 0.6 is 0 Å². The number of para-hydroxylation sites is 1. The monoisotopic (exact) mass is 410 g/mol. The molecule has 3 N–H and O–H groups in total. The molecule has 0 radical (unpaired) electrons. The number of hydrogen-bond acceptors (Lipinski definition) is 7. The lowest BCUT2D eigenvalue weighted by molar-refractivity contribution is 0.112. The van der Waals surface area contributed by atoms with E-state index >= 15 is 0 Å². The van der Waals surface area contributed by atoms with Crippen LogP contribution < -0.4 is 16.0 Å². The first kappa shape index (κ1) is 20.0. The number of benzene rings is 3. The van der Waals surface area contributed by atoms with Crippen molar-refractivity contribution in [3.63, 3.8) is 0 Å². The standard InChI is InChI=1S/C24H22N6O/c1-16-7-5-10-19(13-16)25-22-28-23(26-20-11-6-8-17(2)14-20)30-24(29-22)27-21-12-4-3-9-18(21)15-31/h3-15H,1-2H3,(H3,25,26,27,28,29,30). The Morgan fingerprint density at radius 3 is 1.68 bits per heavy atom. The molecule has 0 bridgehead atoms. The summed E-state index contributed by atoms with van der Waals surface area (Å²) in [5.41, 5.74) is 5.11. The molecule has 0 saturated carbocycles. The molecule has 0 aliphatic rings. The zero-order valence-electron chi connectivity index (χ0n) is 17.3.